The number of hydrogen-bond acceptors (Lipinski definition) is 6. The van der Waals surface area contributed by atoms with Gasteiger partial charge in [-0.15, -0.1) is 0 Å². The second kappa shape index (κ2) is 14.3. The molecule has 42 heavy (non-hydrogen) atoms. The van der Waals surface area contributed by atoms with Crippen molar-refractivity contribution in [1.82, 2.24) is 5.32 Å². The van der Waals surface area contributed by atoms with E-state index < -0.39 is 17.9 Å². The number of nitrogens with zero attached hydrogens (tertiary/aromatic N) is 2. The molecule has 0 aliphatic carbocycles. The van der Waals surface area contributed by atoms with E-state index in [1.165, 1.54) is 17.8 Å². The van der Waals surface area contributed by atoms with Crippen molar-refractivity contribution >= 4 is 35.0 Å². The molecule has 0 aliphatic heterocycles. The lowest BCUT2D eigenvalue weighted by molar-refractivity contribution is -0.384. The van der Waals surface area contributed by atoms with Gasteiger partial charge >= 0.3 is 5.97 Å². The Hall–Kier alpha value is -4.63. The molecule has 216 valence electrons. The Labute approximate surface area is 249 Å². The first-order chi connectivity index (χ1) is 20.3. The Balaban J connectivity index is 1.76. The van der Waals surface area contributed by atoms with Gasteiger partial charge in [0.2, 0.25) is 0 Å². The fourth-order valence-corrected chi connectivity index (χ4v) is 5.32. The van der Waals surface area contributed by atoms with Gasteiger partial charge in [-0.05, 0) is 71.4 Å². The summed E-state index contributed by atoms with van der Waals surface area (Å²) in [6.07, 6.45) is 2.20. The van der Waals surface area contributed by atoms with Crippen LogP contribution in [0.5, 0.6) is 0 Å². The molecule has 0 saturated heterocycles. The van der Waals surface area contributed by atoms with Gasteiger partial charge in [0.15, 0.2) is 0 Å². The average molecular weight is 584 g/mol. The van der Waals surface area contributed by atoms with E-state index in [1.807, 2.05) is 84.8 Å². The number of nitro groups is 1. The molecule has 0 aliphatic rings. The summed E-state index contributed by atoms with van der Waals surface area (Å²) in [4.78, 5) is 38.8. The van der Waals surface area contributed by atoms with Crippen molar-refractivity contribution in [2.24, 2.45) is 0 Å². The van der Waals surface area contributed by atoms with Crippen LogP contribution in [-0.2, 0) is 17.9 Å². The van der Waals surface area contributed by atoms with Crippen LogP contribution in [-0.4, -0.2) is 40.0 Å². The standard InChI is InChI=1S/C33H33N3O5S/c1-23-10-6-7-13-26(23)28-20-25(16-17-27(28)32(37)34-29(33(38)39)18-19-42-2)22-35(21-24-11-4-3-5-12-24)30-14-8-9-15-31(30)36(40)41/h3-17,20,29H,18-19,21-22H2,1-2H3,(H,34,37)(H,38,39)/t29-/m0/s1. The minimum absolute atomic E-state index is 0.00788. The van der Waals surface area contributed by atoms with Crippen LogP contribution in [0.25, 0.3) is 11.1 Å². The van der Waals surface area contributed by atoms with E-state index in [0.29, 0.717) is 42.1 Å². The van der Waals surface area contributed by atoms with Gasteiger partial charge in [0.05, 0.1) is 4.92 Å². The summed E-state index contributed by atoms with van der Waals surface area (Å²) >= 11 is 1.52. The summed E-state index contributed by atoms with van der Waals surface area (Å²) in [5.41, 5.74) is 5.17. The Kier molecular flexibility index (Phi) is 10.3. The number of benzene rings is 4. The van der Waals surface area contributed by atoms with Gasteiger partial charge in [0.25, 0.3) is 11.6 Å². The molecular weight excluding hydrogens is 550 g/mol. The average Bonchev–Trinajstić information content (AvgIpc) is 2.99. The van der Waals surface area contributed by atoms with E-state index in [9.17, 15) is 24.8 Å². The number of carboxylic acid groups (broad SMARTS) is 1. The van der Waals surface area contributed by atoms with E-state index in [4.69, 9.17) is 0 Å². The summed E-state index contributed by atoms with van der Waals surface area (Å²) in [5, 5.41) is 24.3. The number of anilines is 1. The first-order valence-corrected chi connectivity index (χ1v) is 14.9. The molecule has 8 nitrogen and oxygen atoms in total. The molecule has 9 heteroatoms. The van der Waals surface area contributed by atoms with Crippen LogP contribution in [0.2, 0.25) is 0 Å². The third-order valence-corrected chi connectivity index (χ3v) is 7.63. The number of nitro benzene ring substituents is 1. The number of amides is 1. The molecule has 2 N–H and O–H groups in total. The molecule has 0 saturated carbocycles. The van der Waals surface area contributed by atoms with Crippen LogP contribution >= 0.6 is 11.8 Å². The summed E-state index contributed by atoms with van der Waals surface area (Å²) in [6.45, 7) is 2.73. The van der Waals surface area contributed by atoms with Crippen molar-refractivity contribution in [3.8, 4) is 11.1 Å². The SMILES string of the molecule is CSCC[C@H](NC(=O)c1ccc(CN(Cc2ccccc2)c2ccccc2[N+](=O)[O-])cc1-c1ccccc1C)C(=O)O. The Morgan fingerprint density at radius 3 is 2.26 bits per heavy atom. The summed E-state index contributed by atoms with van der Waals surface area (Å²) in [5.74, 6) is -0.940. The molecule has 0 aromatic heterocycles. The topological polar surface area (TPSA) is 113 Å². The van der Waals surface area contributed by atoms with Gasteiger partial charge in [-0.2, -0.15) is 11.8 Å². The van der Waals surface area contributed by atoms with Crippen LogP contribution in [0.3, 0.4) is 0 Å². The lowest BCUT2D eigenvalue weighted by Gasteiger charge is -2.26. The maximum absolute atomic E-state index is 13.5. The van der Waals surface area contributed by atoms with Crippen molar-refractivity contribution in [2.45, 2.75) is 32.5 Å². The molecule has 0 bridgehead atoms. The minimum atomic E-state index is -1.08. The highest BCUT2D eigenvalue weighted by Gasteiger charge is 2.24. The molecule has 1 atom stereocenters. The second-order valence-electron chi connectivity index (χ2n) is 9.93. The fraction of sp³-hybridized carbons (Fsp3) is 0.212. The Bertz CT molecular complexity index is 1560. The maximum atomic E-state index is 13.5. The number of thioether (sulfide) groups is 1. The van der Waals surface area contributed by atoms with E-state index in [-0.39, 0.29) is 10.6 Å². The first-order valence-electron chi connectivity index (χ1n) is 13.5. The highest BCUT2D eigenvalue weighted by atomic mass is 32.2. The molecule has 0 radical (unpaired) electrons. The molecule has 4 rings (SSSR count). The van der Waals surface area contributed by atoms with Gasteiger partial charge in [0, 0.05) is 24.7 Å². The van der Waals surface area contributed by atoms with Crippen LogP contribution in [0.1, 0.15) is 33.5 Å². The monoisotopic (exact) mass is 583 g/mol. The Morgan fingerprint density at radius 1 is 0.905 bits per heavy atom. The fourth-order valence-electron chi connectivity index (χ4n) is 4.85. The number of carbonyl (C=O) groups is 2. The molecule has 1 amide bonds. The third kappa shape index (κ3) is 7.55. The number of hydrogen-bond donors (Lipinski definition) is 2. The predicted octanol–water partition coefficient (Wildman–Crippen LogP) is 6.71. The summed E-state index contributed by atoms with van der Waals surface area (Å²) < 4.78 is 0. The van der Waals surface area contributed by atoms with Crippen molar-refractivity contribution in [3.05, 3.63) is 129 Å². The van der Waals surface area contributed by atoms with Crippen molar-refractivity contribution in [1.29, 1.82) is 0 Å². The van der Waals surface area contributed by atoms with Gasteiger partial charge in [0.1, 0.15) is 11.7 Å². The molecule has 0 fully saturated rings. The first kappa shape index (κ1) is 30.3. The number of carbonyl (C=O) groups excluding carboxylic acids is 1. The number of carboxylic acids is 1. The Morgan fingerprint density at radius 2 is 1.57 bits per heavy atom. The van der Waals surface area contributed by atoms with E-state index in [2.05, 4.69) is 5.32 Å². The van der Waals surface area contributed by atoms with Gasteiger partial charge < -0.3 is 15.3 Å². The van der Waals surface area contributed by atoms with E-state index in [1.54, 1.807) is 24.3 Å². The van der Waals surface area contributed by atoms with E-state index >= 15 is 0 Å². The van der Waals surface area contributed by atoms with E-state index in [0.717, 1.165) is 22.3 Å². The predicted molar refractivity (Wildman–Crippen MR) is 168 cm³/mol. The van der Waals surface area contributed by atoms with Crippen LogP contribution in [0.15, 0.2) is 97.1 Å². The molecule has 0 heterocycles. The van der Waals surface area contributed by atoms with Gasteiger partial charge in [-0.1, -0.05) is 72.8 Å². The van der Waals surface area contributed by atoms with Crippen LogP contribution in [0, 0.1) is 17.0 Å². The van der Waals surface area contributed by atoms with Crippen LogP contribution in [0.4, 0.5) is 11.4 Å². The number of aliphatic carboxylic acids is 1. The quantitative estimate of drug-likeness (QED) is 0.133. The zero-order valence-electron chi connectivity index (χ0n) is 23.5. The number of aryl methyl sites for hydroxylation is 1. The second-order valence-corrected chi connectivity index (χ2v) is 10.9. The lowest BCUT2D eigenvalue weighted by Crippen LogP contribution is -2.41. The zero-order valence-corrected chi connectivity index (χ0v) is 24.3. The molecule has 0 unspecified atom stereocenters. The number of nitrogens with one attached hydrogen (secondary N) is 1. The minimum Gasteiger partial charge on any atom is -0.480 e. The van der Waals surface area contributed by atoms with Gasteiger partial charge in [-0.25, -0.2) is 4.79 Å². The number of para-hydroxylation sites is 2. The number of rotatable bonds is 13. The highest BCUT2D eigenvalue weighted by Crippen LogP contribution is 2.33. The molecular formula is C33H33N3O5S. The molecule has 4 aromatic rings. The summed E-state index contributed by atoms with van der Waals surface area (Å²) in [7, 11) is 0. The van der Waals surface area contributed by atoms with Gasteiger partial charge in [-0.3, -0.25) is 14.9 Å². The third-order valence-electron chi connectivity index (χ3n) is 6.99. The smallest absolute Gasteiger partial charge is 0.326 e. The normalized spacial score (nSPS) is 11.5. The summed E-state index contributed by atoms with van der Waals surface area (Å²) in [6, 6.07) is 28.5. The van der Waals surface area contributed by atoms with Crippen molar-refractivity contribution < 1.29 is 19.6 Å². The molecule has 4 aromatic carbocycles. The zero-order chi connectivity index (χ0) is 30.1. The molecule has 0 spiro atoms. The van der Waals surface area contributed by atoms with Crippen molar-refractivity contribution in [2.75, 3.05) is 16.9 Å². The van der Waals surface area contributed by atoms with Crippen LogP contribution < -0.4 is 10.2 Å². The largest absolute Gasteiger partial charge is 0.480 e. The maximum Gasteiger partial charge on any atom is 0.326 e. The lowest BCUT2D eigenvalue weighted by atomic mass is 9.93. The highest BCUT2D eigenvalue weighted by molar-refractivity contribution is 7.98. The van der Waals surface area contributed by atoms with Crippen molar-refractivity contribution in [3.63, 3.8) is 0 Å².